The Hall–Kier alpha value is -3.19. The van der Waals surface area contributed by atoms with E-state index in [9.17, 15) is 14.0 Å². The third kappa shape index (κ3) is 4.00. The number of carbonyl (C=O) groups is 2. The lowest BCUT2D eigenvalue weighted by atomic mass is 10.1. The van der Waals surface area contributed by atoms with Crippen LogP contribution in [0, 0.1) is 5.82 Å². The minimum Gasteiger partial charge on any atom is -0.335 e. The van der Waals surface area contributed by atoms with E-state index in [1.165, 1.54) is 12.1 Å². The van der Waals surface area contributed by atoms with Gasteiger partial charge in [-0.1, -0.05) is 29.8 Å². The quantitative estimate of drug-likeness (QED) is 0.663. The number of hydrogen-bond donors (Lipinski definition) is 0. The van der Waals surface area contributed by atoms with Crippen molar-refractivity contribution < 1.29 is 14.0 Å². The number of piperazine rings is 1. The van der Waals surface area contributed by atoms with E-state index in [-0.39, 0.29) is 22.4 Å². The zero-order chi connectivity index (χ0) is 20.4. The second kappa shape index (κ2) is 8.05. The van der Waals surface area contributed by atoms with E-state index in [1.807, 2.05) is 30.3 Å². The van der Waals surface area contributed by atoms with Gasteiger partial charge in [-0.3, -0.25) is 9.59 Å². The third-order valence-corrected chi connectivity index (χ3v) is 5.16. The molecule has 1 fully saturated rings. The summed E-state index contributed by atoms with van der Waals surface area (Å²) in [6.45, 7) is 1.53. The van der Waals surface area contributed by atoms with Gasteiger partial charge >= 0.3 is 0 Å². The van der Waals surface area contributed by atoms with Crippen LogP contribution in [0.4, 0.5) is 4.39 Å². The molecule has 0 atom stereocenters. The number of nitrogens with zero attached hydrogens (tertiary/aromatic N) is 4. The predicted octanol–water partition coefficient (Wildman–Crippen LogP) is 3.26. The van der Waals surface area contributed by atoms with Gasteiger partial charge in [-0.2, -0.15) is 5.10 Å². The van der Waals surface area contributed by atoms with E-state index in [4.69, 9.17) is 11.6 Å². The molecular formula is C21H18ClFN4O2. The third-order valence-electron chi connectivity index (χ3n) is 4.84. The summed E-state index contributed by atoms with van der Waals surface area (Å²) in [6.07, 6.45) is 1.75. The normalized spacial score (nSPS) is 14.1. The van der Waals surface area contributed by atoms with E-state index in [0.717, 1.165) is 11.8 Å². The number of halogens is 2. The smallest absolute Gasteiger partial charge is 0.274 e. The molecule has 2 heterocycles. The van der Waals surface area contributed by atoms with Crippen LogP contribution in [0.5, 0.6) is 0 Å². The van der Waals surface area contributed by atoms with Crippen molar-refractivity contribution in [2.45, 2.75) is 0 Å². The highest BCUT2D eigenvalue weighted by atomic mass is 35.5. The summed E-state index contributed by atoms with van der Waals surface area (Å²) in [5.41, 5.74) is 1.49. The van der Waals surface area contributed by atoms with Gasteiger partial charge in [0.05, 0.1) is 16.3 Å². The molecule has 4 rings (SSSR count). The van der Waals surface area contributed by atoms with Crippen molar-refractivity contribution in [1.29, 1.82) is 0 Å². The maximum Gasteiger partial charge on any atom is 0.274 e. The molecule has 0 unspecified atom stereocenters. The van der Waals surface area contributed by atoms with Crippen molar-refractivity contribution in [2.75, 3.05) is 26.2 Å². The Balaban J connectivity index is 1.40. The second-order valence-electron chi connectivity index (χ2n) is 6.69. The van der Waals surface area contributed by atoms with Crippen LogP contribution in [-0.4, -0.2) is 57.6 Å². The van der Waals surface area contributed by atoms with Crippen molar-refractivity contribution in [3.63, 3.8) is 0 Å². The molecular weight excluding hydrogens is 395 g/mol. The molecule has 0 bridgehead atoms. The standard InChI is InChI=1S/C21H18ClFN4O2/c22-18-14-15(23)6-7-17(18)20(28)25-10-12-26(13-11-25)21(29)19-8-9-27(24-19)16-4-2-1-3-5-16/h1-9,14H,10-13H2. The van der Waals surface area contributed by atoms with E-state index in [0.29, 0.717) is 31.9 Å². The molecule has 148 valence electrons. The van der Waals surface area contributed by atoms with Crippen LogP contribution in [0.2, 0.25) is 5.02 Å². The predicted molar refractivity (Wildman–Crippen MR) is 107 cm³/mol. The Morgan fingerprint density at radius 1 is 0.897 bits per heavy atom. The molecule has 8 heteroatoms. The van der Waals surface area contributed by atoms with Crippen molar-refractivity contribution in [3.05, 3.63) is 82.9 Å². The average Bonchev–Trinajstić information content (AvgIpc) is 3.24. The Bertz CT molecular complexity index is 1050. The maximum absolute atomic E-state index is 13.2. The first-order valence-electron chi connectivity index (χ1n) is 9.17. The number of rotatable bonds is 3. The van der Waals surface area contributed by atoms with Crippen LogP contribution in [0.1, 0.15) is 20.8 Å². The summed E-state index contributed by atoms with van der Waals surface area (Å²) < 4.78 is 14.9. The number of para-hydroxylation sites is 1. The average molecular weight is 413 g/mol. The molecule has 2 amide bonds. The largest absolute Gasteiger partial charge is 0.335 e. The van der Waals surface area contributed by atoms with Crippen LogP contribution >= 0.6 is 11.6 Å². The van der Waals surface area contributed by atoms with E-state index >= 15 is 0 Å². The molecule has 0 N–H and O–H groups in total. The fourth-order valence-electron chi connectivity index (χ4n) is 3.27. The molecule has 0 spiro atoms. The van der Waals surface area contributed by atoms with Gasteiger partial charge in [0.1, 0.15) is 5.82 Å². The summed E-state index contributed by atoms with van der Waals surface area (Å²) in [7, 11) is 0. The summed E-state index contributed by atoms with van der Waals surface area (Å²) in [6, 6.07) is 14.9. The van der Waals surface area contributed by atoms with Gasteiger partial charge < -0.3 is 9.80 Å². The molecule has 1 aliphatic heterocycles. The van der Waals surface area contributed by atoms with Crippen molar-refractivity contribution in [1.82, 2.24) is 19.6 Å². The molecule has 29 heavy (non-hydrogen) atoms. The van der Waals surface area contributed by atoms with Gasteiger partial charge in [-0.05, 0) is 36.4 Å². The van der Waals surface area contributed by atoms with Gasteiger partial charge in [0.15, 0.2) is 5.69 Å². The van der Waals surface area contributed by atoms with Gasteiger partial charge in [0.25, 0.3) is 11.8 Å². The molecule has 2 aromatic carbocycles. The van der Waals surface area contributed by atoms with E-state index in [1.54, 1.807) is 26.7 Å². The van der Waals surface area contributed by atoms with E-state index < -0.39 is 5.82 Å². The topological polar surface area (TPSA) is 58.4 Å². The van der Waals surface area contributed by atoms with Gasteiger partial charge in [-0.15, -0.1) is 0 Å². The number of hydrogen-bond acceptors (Lipinski definition) is 3. The van der Waals surface area contributed by atoms with Gasteiger partial charge in [0.2, 0.25) is 0 Å². The number of benzene rings is 2. The first-order chi connectivity index (χ1) is 14.0. The molecule has 3 aromatic rings. The number of amides is 2. The zero-order valence-electron chi connectivity index (χ0n) is 15.5. The van der Waals surface area contributed by atoms with Crippen molar-refractivity contribution in [3.8, 4) is 5.69 Å². The lowest BCUT2D eigenvalue weighted by Crippen LogP contribution is -2.50. The summed E-state index contributed by atoms with van der Waals surface area (Å²) >= 11 is 5.99. The zero-order valence-corrected chi connectivity index (χ0v) is 16.2. The molecule has 0 aliphatic carbocycles. The van der Waals surface area contributed by atoms with Gasteiger partial charge in [-0.25, -0.2) is 9.07 Å². The Morgan fingerprint density at radius 2 is 1.55 bits per heavy atom. The highest BCUT2D eigenvalue weighted by Crippen LogP contribution is 2.20. The summed E-state index contributed by atoms with van der Waals surface area (Å²) in [5.74, 6) is -0.932. The first kappa shape index (κ1) is 19.1. The minimum atomic E-state index is -0.489. The lowest BCUT2D eigenvalue weighted by molar-refractivity contribution is 0.0532. The SMILES string of the molecule is O=C(c1ccn(-c2ccccc2)n1)N1CCN(C(=O)c2ccc(F)cc2Cl)CC1. The van der Waals surface area contributed by atoms with E-state index in [2.05, 4.69) is 5.10 Å². The molecule has 1 aliphatic rings. The second-order valence-corrected chi connectivity index (χ2v) is 7.10. The monoisotopic (exact) mass is 412 g/mol. The number of aromatic nitrogens is 2. The van der Waals surface area contributed by atoms with Crippen LogP contribution in [0.15, 0.2) is 60.8 Å². The summed E-state index contributed by atoms with van der Waals surface area (Å²) in [5, 5.41) is 4.45. The Labute approximate surface area is 172 Å². The Morgan fingerprint density at radius 3 is 2.21 bits per heavy atom. The van der Waals surface area contributed by atoms with Crippen molar-refractivity contribution >= 4 is 23.4 Å². The van der Waals surface area contributed by atoms with Crippen LogP contribution < -0.4 is 0 Å². The van der Waals surface area contributed by atoms with Gasteiger partial charge in [0, 0.05) is 32.4 Å². The first-order valence-corrected chi connectivity index (χ1v) is 9.55. The van der Waals surface area contributed by atoms with Crippen LogP contribution in [0.3, 0.4) is 0 Å². The molecule has 0 radical (unpaired) electrons. The lowest BCUT2D eigenvalue weighted by Gasteiger charge is -2.34. The highest BCUT2D eigenvalue weighted by molar-refractivity contribution is 6.33. The minimum absolute atomic E-state index is 0.0833. The van der Waals surface area contributed by atoms with Crippen molar-refractivity contribution in [2.24, 2.45) is 0 Å². The van der Waals surface area contributed by atoms with Crippen LogP contribution in [-0.2, 0) is 0 Å². The molecule has 6 nitrogen and oxygen atoms in total. The molecule has 0 saturated carbocycles. The summed E-state index contributed by atoms with van der Waals surface area (Å²) in [4.78, 5) is 28.7. The molecule has 1 aromatic heterocycles. The fourth-order valence-corrected chi connectivity index (χ4v) is 3.52. The molecule has 1 saturated heterocycles. The number of carbonyl (C=O) groups excluding carboxylic acids is 2. The highest BCUT2D eigenvalue weighted by Gasteiger charge is 2.27. The van der Waals surface area contributed by atoms with Crippen LogP contribution in [0.25, 0.3) is 5.69 Å². The maximum atomic E-state index is 13.2. The Kier molecular flexibility index (Phi) is 5.31. The fraction of sp³-hybridized carbons (Fsp3) is 0.190.